The molecular formula is C24H37N3O4. The maximum Gasteiger partial charge on any atom is 0.410 e. The van der Waals surface area contributed by atoms with Gasteiger partial charge in [-0.15, -0.1) is 5.06 Å². The van der Waals surface area contributed by atoms with Gasteiger partial charge in [-0.1, -0.05) is 37.3 Å². The maximum absolute atomic E-state index is 12.4. The largest absolute Gasteiger partial charge is 0.445 e. The summed E-state index contributed by atoms with van der Waals surface area (Å²) in [6.07, 6.45) is 2.66. The van der Waals surface area contributed by atoms with Crippen LogP contribution in [0.3, 0.4) is 0 Å². The number of carbonyl (C=O) groups is 2. The first-order valence-electron chi connectivity index (χ1n) is 11.5. The molecule has 1 aromatic rings. The van der Waals surface area contributed by atoms with Gasteiger partial charge in [0.1, 0.15) is 6.61 Å². The normalized spacial score (nSPS) is 21.7. The molecule has 1 amide bonds. The van der Waals surface area contributed by atoms with E-state index in [4.69, 9.17) is 9.57 Å². The molecule has 2 aliphatic heterocycles. The molecule has 2 heterocycles. The van der Waals surface area contributed by atoms with Crippen molar-refractivity contribution in [3.8, 4) is 0 Å². The Balaban J connectivity index is 1.45. The zero-order valence-electron chi connectivity index (χ0n) is 19.4. The topological polar surface area (TPSA) is 62.3 Å². The highest BCUT2D eigenvalue weighted by Gasteiger charge is 2.36. The zero-order valence-corrected chi connectivity index (χ0v) is 19.4. The first-order valence-corrected chi connectivity index (χ1v) is 11.5. The van der Waals surface area contributed by atoms with Crippen molar-refractivity contribution in [2.24, 2.45) is 5.41 Å². The molecule has 1 atom stereocenters. The summed E-state index contributed by atoms with van der Waals surface area (Å²) in [5, 5.41) is 1.83. The molecule has 0 aliphatic carbocycles. The molecule has 31 heavy (non-hydrogen) atoms. The summed E-state index contributed by atoms with van der Waals surface area (Å²) in [5.41, 5.74) is 0.502. The number of piperidine rings is 1. The Labute approximate surface area is 186 Å². The molecule has 172 valence electrons. The molecule has 0 radical (unpaired) electrons. The number of hydrogen-bond acceptors (Lipinski definition) is 6. The molecule has 0 N–H and O–H groups in total. The van der Waals surface area contributed by atoms with Gasteiger partial charge in [-0.05, 0) is 45.6 Å². The van der Waals surface area contributed by atoms with Crippen LogP contribution in [0, 0.1) is 5.41 Å². The Hall–Kier alpha value is -2.12. The summed E-state index contributed by atoms with van der Waals surface area (Å²) in [5.74, 6) is -0.182. The molecule has 2 aliphatic rings. The lowest BCUT2D eigenvalue weighted by atomic mass is 9.97. The molecule has 0 bridgehead atoms. The van der Waals surface area contributed by atoms with Gasteiger partial charge in [-0.3, -0.25) is 4.90 Å². The molecule has 0 saturated carbocycles. The van der Waals surface area contributed by atoms with Gasteiger partial charge in [-0.2, -0.15) is 0 Å². The molecule has 2 saturated heterocycles. The number of hydroxylamine groups is 2. The van der Waals surface area contributed by atoms with Crippen molar-refractivity contribution < 1.29 is 19.2 Å². The van der Waals surface area contributed by atoms with Crippen molar-refractivity contribution in [3.63, 3.8) is 0 Å². The van der Waals surface area contributed by atoms with Gasteiger partial charge >= 0.3 is 12.1 Å². The van der Waals surface area contributed by atoms with Crippen LogP contribution in [0.1, 0.15) is 52.5 Å². The lowest BCUT2D eigenvalue weighted by Crippen LogP contribution is -2.59. The van der Waals surface area contributed by atoms with E-state index in [9.17, 15) is 9.59 Å². The Morgan fingerprint density at radius 1 is 1.03 bits per heavy atom. The summed E-state index contributed by atoms with van der Waals surface area (Å²) in [7, 11) is 0. The van der Waals surface area contributed by atoms with Gasteiger partial charge in [0.05, 0.1) is 12.0 Å². The van der Waals surface area contributed by atoms with Crippen molar-refractivity contribution in [3.05, 3.63) is 35.9 Å². The number of benzene rings is 1. The third-order valence-electron chi connectivity index (χ3n) is 6.18. The Kier molecular flexibility index (Phi) is 7.94. The van der Waals surface area contributed by atoms with Crippen LogP contribution in [0.25, 0.3) is 0 Å². The van der Waals surface area contributed by atoms with Crippen molar-refractivity contribution in [1.29, 1.82) is 0 Å². The lowest BCUT2D eigenvalue weighted by Gasteiger charge is -2.46. The van der Waals surface area contributed by atoms with Crippen molar-refractivity contribution in [2.45, 2.75) is 65.6 Å². The van der Waals surface area contributed by atoms with E-state index < -0.39 is 5.41 Å². The van der Waals surface area contributed by atoms with E-state index in [0.717, 1.165) is 44.5 Å². The number of likely N-dealkylation sites (tertiary alicyclic amines) is 1. The minimum Gasteiger partial charge on any atom is -0.445 e. The van der Waals surface area contributed by atoms with Crippen molar-refractivity contribution in [2.75, 3.05) is 32.7 Å². The molecule has 0 unspecified atom stereocenters. The first-order chi connectivity index (χ1) is 14.8. The highest BCUT2D eigenvalue weighted by atomic mass is 16.7. The highest BCUT2D eigenvalue weighted by molar-refractivity contribution is 5.75. The van der Waals surface area contributed by atoms with Crippen LogP contribution >= 0.6 is 0 Å². The van der Waals surface area contributed by atoms with Gasteiger partial charge in [0.25, 0.3) is 0 Å². The van der Waals surface area contributed by atoms with Crippen LogP contribution in [0.2, 0.25) is 0 Å². The van der Waals surface area contributed by atoms with E-state index in [1.165, 1.54) is 0 Å². The number of ether oxygens (including phenoxy) is 1. The van der Waals surface area contributed by atoms with Crippen LogP contribution < -0.4 is 0 Å². The average molecular weight is 432 g/mol. The number of carbonyl (C=O) groups excluding carboxylic acids is 2. The Bertz CT molecular complexity index is 726. The molecule has 7 nitrogen and oxygen atoms in total. The lowest BCUT2D eigenvalue weighted by molar-refractivity contribution is -0.213. The summed E-state index contributed by atoms with van der Waals surface area (Å²) < 4.78 is 5.49. The zero-order chi connectivity index (χ0) is 22.4. The Morgan fingerprint density at radius 2 is 1.71 bits per heavy atom. The van der Waals surface area contributed by atoms with Crippen molar-refractivity contribution in [1.82, 2.24) is 14.9 Å². The van der Waals surface area contributed by atoms with Gasteiger partial charge < -0.3 is 14.5 Å². The summed E-state index contributed by atoms with van der Waals surface area (Å²) >= 11 is 0. The number of hydrogen-bond donors (Lipinski definition) is 0. The van der Waals surface area contributed by atoms with Crippen LogP contribution in [-0.2, 0) is 21.0 Å². The molecule has 7 heteroatoms. The number of piperazine rings is 1. The van der Waals surface area contributed by atoms with E-state index in [2.05, 4.69) is 11.8 Å². The van der Waals surface area contributed by atoms with E-state index in [-0.39, 0.29) is 12.1 Å². The quantitative estimate of drug-likeness (QED) is 0.709. The predicted octanol–water partition coefficient (Wildman–Crippen LogP) is 3.69. The Morgan fingerprint density at radius 3 is 2.32 bits per heavy atom. The highest BCUT2D eigenvalue weighted by Crippen LogP contribution is 2.25. The second-order valence-electron chi connectivity index (χ2n) is 9.58. The van der Waals surface area contributed by atoms with Gasteiger partial charge in [0.2, 0.25) is 0 Å². The van der Waals surface area contributed by atoms with Gasteiger partial charge in [-0.25, -0.2) is 9.59 Å². The van der Waals surface area contributed by atoms with Crippen LogP contribution in [0.5, 0.6) is 0 Å². The fourth-order valence-corrected chi connectivity index (χ4v) is 4.21. The van der Waals surface area contributed by atoms with Crippen molar-refractivity contribution >= 4 is 12.1 Å². The second-order valence-corrected chi connectivity index (χ2v) is 9.58. The van der Waals surface area contributed by atoms with Gasteiger partial charge in [0.15, 0.2) is 0 Å². The van der Waals surface area contributed by atoms with E-state index >= 15 is 0 Å². The minimum absolute atomic E-state index is 0.182. The number of rotatable bonds is 5. The number of nitrogens with zero attached hydrogens (tertiary/aromatic N) is 3. The molecule has 0 spiro atoms. The van der Waals surface area contributed by atoms with Crippen LogP contribution in [0.4, 0.5) is 4.79 Å². The molecule has 0 aromatic heterocycles. The van der Waals surface area contributed by atoms with Crippen LogP contribution in [-0.4, -0.2) is 71.7 Å². The molecule has 3 rings (SSSR count). The smallest absolute Gasteiger partial charge is 0.410 e. The molecule has 1 aromatic carbocycles. The fraction of sp³-hybridized carbons (Fsp3) is 0.667. The maximum atomic E-state index is 12.4. The van der Waals surface area contributed by atoms with Crippen LogP contribution in [0.15, 0.2) is 30.3 Å². The fourth-order valence-electron chi connectivity index (χ4n) is 4.21. The summed E-state index contributed by atoms with van der Waals surface area (Å²) in [6, 6.07) is 10.6. The van der Waals surface area contributed by atoms with E-state index in [1.54, 1.807) is 0 Å². The van der Waals surface area contributed by atoms with E-state index in [0.29, 0.717) is 31.8 Å². The summed E-state index contributed by atoms with van der Waals surface area (Å²) in [6.45, 7) is 11.9. The first kappa shape index (κ1) is 23.5. The third kappa shape index (κ3) is 6.43. The monoisotopic (exact) mass is 431 g/mol. The SMILES string of the molecule is CC[C@H]1CN(OC(=O)C(C)(C)C)CCN1C1CCN(C(=O)OCc2ccccc2)CC1. The molecule has 2 fully saturated rings. The van der Waals surface area contributed by atoms with E-state index in [1.807, 2.05) is 61.1 Å². The van der Waals surface area contributed by atoms with Gasteiger partial charge in [0, 0.05) is 38.3 Å². The minimum atomic E-state index is -0.499. The third-order valence-corrected chi connectivity index (χ3v) is 6.18. The predicted molar refractivity (Wildman–Crippen MR) is 119 cm³/mol. The number of amides is 1. The standard InChI is InChI=1S/C24H37N3O4/c1-5-20-17-26(31-22(28)24(2,3)4)15-16-27(20)21-11-13-25(14-12-21)23(29)30-18-19-9-7-6-8-10-19/h6-10,20-21H,5,11-18H2,1-4H3/t20-/m0/s1. The molecular weight excluding hydrogens is 394 g/mol. The second kappa shape index (κ2) is 10.5. The summed E-state index contributed by atoms with van der Waals surface area (Å²) in [4.78, 5) is 34.7. The average Bonchev–Trinajstić information content (AvgIpc) is 2.77.